The second-order valence-electron chi connectivity index (χ2n) is 28.2. The number of thiophene rings is 1. The highest BCUT2D eigenvalue weighted by atomic mass is 32.1. The van der Waals surface area contributed by atoms with Crippen LogP contribution in [0.1, 0.15) is 293 Å². The minimum atomic E-state index is -0.376. The number of fused-ring (bicyclic) bond motifs is 2. The second kappa shape index (κ2) is 30.5. The maximum absolute atomic E-state index is 15.9. The Morgan fingerprint density at radius 3 is 1.47 bits per heavy atom. The third kappa shape index (κ3) is 13.9. The van der Waals surface area contributed by atoms with Gasteiger partial charge in [-0.1, -0.05) is 201 Å². The summed E-state index contributed by atoms with van der Waals surface area (Å²) in [6, 6.07) is 34.2. The van der Waals surface area contributed by atoms with Crippen molar-refractivity contribution in [2.45, 2.75) is 222 Å². The van der Waals surface area contributed by atoms with Crippen LogP contribution in [0.25, 0.3) is 53.5 Å². The van der Waals surface area contributed by atoms with E-state index in [9.17, 15) is 4.79 Å². The molecule has 11 heteroatoms. The number of imide groups is 2. The summed E-state index contributed by atoms with van der Waals surface area (Å²) in [5.41, 5.74) is 9.90. The van der Waals surface area contributed by atoms with Crippen molar-refractivity contribution in [1.29, 1.82) is 0 Å². The van der Waals surface area contributed by atoms with E-state index in [0.717, 1.165) is 134 Å². The molecule has 0 unspecified atom stereocenters. The lowest BCUT2D eigenvalue weighted by atomic mass is 9.79. The van der Waals surface area contributed by atoms with Gasteiger partial charge in [0.05, 0.1) is 35.7 Å². The number of nitrogens with one attached hydrogen (secondary N) is 1. The topological polar surface area (TPSA) is 122 Å². The van der Waals surface area contributed by atoms with Gasteiger partial charge in [0.2, 0.25) is 0 Å². The number of amides is 4. The average molecular weight is 1290 g/mol. The molecule has 1 aromatic heterocycles. The average Bonchev–Trinajstić information content (AvgIpc) is 0.975. The first-order chi connectivity index (χ1) is 45.9. The number of ether oxygens (including phenoxy) is 2. The van der Waals surface area contributed by atoms with Crippen molar-refractivity contribution in [3.8, 4) is 16.2 Å². The van der Waals surface area contributed by atoms with Crippen LogP contribution in [0.15, 0.2) is 103 Å². The minimum Gasteiger partial charge on any atom is -0.494 e. The van der Waals surface area contributed by atoms with Gasteiger partial charge >= 0.3 is 5.97 Å². The van der Waals surface area contributed by atoms with Crippen LogP contribution < -0.4 is 19.9 Å². The van der Waals surface area contributed by atoms with E-state index in [1.807, 2.05) is 85.8 Å². The third-order valence-electron chi connectivity index (χ3n) is 19.8. The van der Waals surface area contributed by atoms with Crippen molar-refractivity contribution in [2.75, 3.05) is 34.9 Å². The van der Waals surface area contributed by atoms with Crippen molar-refractivity contribution in [3.63, 3.8) is 0 Å². The molecule has 0 spiro atoms. The minimum absolute atomic E-state index is 0.0229. The van der Waals surface area contributed by atoms with Gasteiger partial charge in [-0.25, -0.2) is 14.6 Å². The monoisotopic (exact) mass is 1290 g/mol. The van der Waals surface area contributed by atoms with Crippen LogP contribution in [0.2, 0.25) is 0 Å². The van der Waals surface area contributed by atoms with Crippen LogP contribution in [0.4, 0.5) is 17.1 Å². The van der Waals surface area contributed by atoms with Gasteiger partial charge in [-0.15, -0.1) is 11.3 Å². The molecule has 2 aliphatic rings. The van der Waals surface area contributed by atoms with E-state index in [0.29, 0.717) is 81.9 Å². The first-order valence-corrected chi connectivity index (χ1v) is 36.8. The number of nitrogens with zero attached hydrogens (tertiary/aromatic N) is 2. The van der Waals surface area contributed by atoms with Gasteiger partial charge in [0.25, 0.3) is 23.6 Å². The number of carbonyl (C=O) groups is 5. The molecule has 1 N–H and O–H groups in total. The summed E-state index contributed by atoms with van der Waals surface area (Å²) in [6.45, 7) is 24.8. The molecule has 0 saturated heterocycles. The fraction of sp³-hybridized carbons (Fsp3) is 0.440. The highest BCUT2D eigenvalue weighted by Crippen LogP contribution is 2.54. The summed E-state index contributed by atoms with van der Waals surface area (Å²) >= 11 is 1.75. The van der Waals surface area contributed by atoms with E-state index in [4.69, 9.17) is 9.47 Å². The van der Waals surface area contributed by atoms with Crippen LogP contribution in [0.3, 0.4) is 0 Å². The molecule has 11 rings (SSSR count). The van der Waals surface area contributed by atoms with Gasteiger partial charge in [0.15, 0.2) is 0 Å². The standard InChI is InChI=1S/C84H99N3O7S/c1-12-14-16-18-19-20-21-22-24-28-44-93-57-47-55(11)46-56(48-57)84(92)94-45-29-25-23-27-43-85-70-50-69-74-66(81(89)87(83(69)91)79-61(53(7)8)35-31-36-62(79)54(9)10)40-38-63-72-67(71-42-37-58(95-71)32-26-17-15-13-2)49-68-73-65(41-39-64(76(72)73)75(70)77(63)74)80(88)86(82(68)90)78-59(51(3)4)33-30-34-60(78)52(5)6/h30-31,33-42,46-54,85H,12-29,32,43-45H2,1-11H3. The summed E-state index contributed by atoms with van der Waals surface area (Å²) in [7, 11) is 0. The SMILES string of the molecule is CCCCCCCCCCCCOc1cc(C)cc(C(=O)OCCCCCCNc2cc3c4c(ccc5c6c(-c7ccc(CCCCCC)s7)cc7c8c(ccc(c2c45)c86)C(=O)N(c2c(C(C)C)cccc2C(C)C)C7=O)C(=O)N(c2c(C(C)C)cccc2C(C)C)C3=O)c1. The van der Waals surface area contributed by atoms with E-state index >= 15 is 19.2 Å². The van der Waals surface area contributed by atoms with E-state index in [1.165, 1.54) is 72.5 Å². The molecule has 0 fully saturated rings. The fourth-order valence-corrected chi connectivity index (χ4v) is 16.0. The number of benzene rings is 8. The van der Waals surface area contributed by atoms with Gasteiger partial charge in [-0.3, -0.25) is 19.2 Å². The molecule has 0 aliphatic carbocycles. The maximum Gasteiger partial charge on any atom is 0.338 e. The summed E-state index contributed by atoms with van der Waals surface area (Å²) in [5, 5.41) is 10.1. The first kappa shape index (κ1) is 68.5. The quantitative estimate of drug-likeness (QED) is 0.0142. The molecular formula is C84H99N3O7S. The van der Waals surface area contributed by atoms with Crippen molar-refractivity contribution < 1.29 is 33.4 Å². The third-order valence-corrected chi connectivity index (χ3v) is 21.0. The Kier molecular flexibility index (Phi) is 22.0. The number of carbonyl (C=O) groups excluding carboxylic acids is 5. The number of aryl methyl sites for hydroxylation is 2. The van der Waals surface area contributed by atoms with E-state index in [-0.39, 0.29) is 53.3 Å². The molecule has 0 radical (unpaired) electrons. The highest BCUT2D eigenvalue weighted by molar-refractivity contribution is 7.15. The number of hydrogen-bond donors (Lipinski definition) is 1. The zero-order valence-corrected chi connectivity index (χ0v) is 59.2. The normalized spacial score (nSPS) is 13.3. The predicted octanol–water partition coefficient (Wildman–Crippen LogP) is 23.1. The van der Waals surface area contributed by atoms with Crippen molar-refractivity contribution in [1.82, 2.24) is 0 Å². The Balaban J connectivity index is 0.944. The summed E-state index contributed by atoms with van der Waals surface area (Å²) in [6.07, 6.45) is 21.2. The molecule has 3 heterocycles. The lowest BCUT2D eigenvalue weighted by Crippen LogP contribution is -2.42. The van der Waals surface area contributed by atoms with Crippen LogP contribution in [-0.2, 0) is 11.2 Å². The van der Waals surface area contributed by atoms with E-state index in [1.54, 1.807) is 17.4 Å². The molecule has 498 valence electrons. The summed E-state index contributed by atoms with van der Waals surface area (Å²) < 4.78 is 12.0. The molecule has 0 atom stereocenters. The molecule has 10 nitrogen and oxygen atoms in total. The zero-order chi connectivity index (χ0) is 67.2. The molecule has 95 heavy (non-hydrogen) atoms. The van der Waals surface area contributed by atoms with Crippen LogP contribution in [-0.4, -0.2) is 49.4 Å². The Morgan fingerprint density at radius 2 is 0.926 bits per heavy atom. The number of esters is 1. The number of unbranched alkanes of at least 4 members (excludes halogenated alkanes) is 15. The smallest absolute Gasteiger partial charge is 0.338 e. The molecular weight excluding hydrogens is 1200 g/mol. The fourth-order valence-electron chi connectivity index (χ4n) is 14.9. The number of para-hydroxylation sites is 2. The Labute approximate surface area is 567 Å². The Bertz CT molecular complexity index is 4270. The van der Waals surface area contributed by atoms with Crippen molar-refractivity contribution in [3.05, 3.63) is 164 Å². The molecule has 2 aliphatic heterocycles. The number of hydrogen-bond acceptors (Lipinski definition) is 9. The highest BCUT2D eigenvalue weighted by Gasteiger charge is 2.42. The molecule has 0 saturated carbocycles. The molecule has 4 amide bonds. The van der Waals surface area contributed by atoms with Crippen LogP contribution in [0.5, 0.6) is 5.75 Å². The van der Waals surface area contributed by atoms with Gasteiger partial charge in [-0.2, -0.15) is 0 Å². The lowest BCUT2D eigenvalue weighted by Gasteiger charge is -2.34. The van der Waals surface area contributed by atoms with Gasteiger partial charge < -0.3 is 14.8 Å². The maximum atomic E-state index is 15.9. The van der Waals surface area contributed by atoms with Gasteiger partial charge in [-0.05, 0) is 173 Å². The van der Waals surface area contributed by atoms with E-state index < -0.39 is 0 Å². The molecule has 8 aromatic carbocycles. The lowest BCUT2D eigenvalue weighted by molar-refractivity contribution is 0.0496. The zero-order valence-electron chi connectivity index (χ0n) is 58.3. The molecule has 0 bridgehead atoms. The van der Waals surface area contributed by atoms with Crippen molar-refractivity contribution >= 4 is 101 Å². The molecule has 9 aromatic rings. The van der Waals surface area contributed by atoms with Gasteiger partial charge in [0, 0.05) is 65.8 Å². The summed E-state index contributed by atoms with van der Waals surface area (Å²) in [5.74, 6) is -1.01. The first-order valence-electron chi connectivity index (χ1n) is 36.0. The number of anilines is 3. The summed E-state index contributed by atoms with van der Waals surface area (Å²) in [4.78, 5) is 81.8. The largest absolute Gasteiger partial charge is 0.494 e. The Hall–Kier alpha value is -7.89. The Morgan fingerprint density at radius 1 is 0.453 bits per heavy atom. The van der Waals surface area contributed by atoms with Crippen LogP contribution >= 0.6 is 11.3 Å². The van der Waals surface area contributed by atoms with E-state index in [2.05, 4.69) is 92.8 Å². The van der Waals surface area contributed by atoms with Crippen molar-refractivity contribution in [2.24, 2.45) is 0 Å². The number of rotatable bonds is 33. The van der Waals surface area contributed by atoms with Gasteiger partial charge in [0.1, 0.15) is 5.75 Å². The predicted molar refractivity (Wildman–Crippen MR) is 396 cm³/mol. The van der Waals surface area contributed by atoms with Crippen LogP contribution in [0, 0.1) is 6.92 Å². The second-order valence-corrected chi connectivity index (χ2v) is 29.4.